The van der Waals surface area contributed by atoms with E-state index in [1.165, 1.54) is 0 Å². The van der Waals surface area contributed by atoms with Crippen molar-refractivity contribution < 1.29 is 19.4 Å². The number of nitrogens with one attached hydrogen (secondary N) is 2. The lowest BCUT2D eigenvalue weighted by Crippen LogP contribution is -2.37. The van der Waals surface area contributed by atoms with Gasteiger partial charge < -0.3 is 20.5 Å². The summed E-state index contributed by atoms with van der Waals surface area (Å²) in [6.07, 6.45) is 0.643. The van der Waals surface area contributed by atoms with Crippen LogP contribution in [0.5, 0.6) is 0 Å². The fourth-order valence-electron chi connectivity index (χ4n) is 1.70. The van der Waals surface area contributed by atoms with Crippen LogP contribution in [0, 0.1) is 0 Å². The monoisotopic (exact) mass is 294 g/mol. The van der Waals surface area contributed by atoms with Gasteiger partial charge in [0.1, 0.15) is 0 Å². The summed E-state index contributed by atoms with van der Waals surface area (Å²) in [6, 6.07) is 9.57. The molecule has 0 aliphatic rings. The number of hydrogen-bond acceptors (Lipinski definition) is 3. The van der Waals surface area contributed by atoms with Gasteiger partial charge in [0.05, 0.1) is 12.5 Å². The molecule has 21 heavy (non-hydrogen) atoms. The zero-order chi connectivity index (χ0) is 15.5. The number of urea groups is 1. The lowest BCUT2D eigenvalue weighted by Gasteiger charge is -2.13. The molecule has 0 aliphatic heterocycles. The number of carboxylic acid groups (broad SMARTS) is 1. The van der Waals surface area contributed by atoms with Crippen LogP contribution >= 0.6 is 0 Å². The maximum Gasteiger partial charge on any atom is 0.314 e. The van der Waals surface area contributed by atoms with Gasteiger partial charge in [-0.1, -0.05) is 30.3 Å². The van der Waals surface area contributed by atoms with E-state index in [9.17, 15) is 9.59 Å². The molecule has 2 amide bonds. The largest absolute Gasteiger partial charge is 0.481 e. The SMILES string of the molecule is CC(OCCCNC(=O)NCCC(=O)O)c1ccccc1. The first kappa shape index (κ1) is 17.0. The van der Waals surface area contributed by atoms with E-state index in [2.05, 4.69) is 10.6 Å². The molecule has 6 nitrogen and oxygen atoms in total. The summed E-state index contributed by atoms with van der Waals surface area (Å²) in [5.74, 6) is -0.932. The standard InChI is InChI=1S/C15H22N2O4/c1-12(13-6-3-2-4-7-13)21-11-5-9-16-15(20)17-10-8-14(18)19/h2-4,6-7,12H,5,8-11H2,1H3,(H,18,19)(H2,16,17,20). The molecule has 0 saturated heterocycles. The molecule has 1 atom stereocenters. The minimum absolute atomic E-state index is 0.0237. The Balaban J connectivity index is 2.04. The van der Waals surface area contributed by atoms with Gasteiger partial charge in [-0.15, -0.1) is 0 Å². The maximum absolute atomic E-state index is 11.3. The normalized spacial score (nSPS) is 11.7. The Morgan fingerprint density at radius 1 is 1.19 bits per heavy atom. The van der Waals surface area contributed by atoms with E-state index < -0.39 is 5.97 Å². The van der Waals surface area contributed by atoms with Gasteiger partial charge in [0, 0.05) is 19.7 Å². The highest BCUT2D eigenvalue weighted by Gasteiger charge is 2.05. The van der Waals surface area contributed by atoms with Gasteiger partial charge in [0.2, 0.25) is 0 Å². The lowest BCUT2D eigenvalue weighted by molar-refractivity contribution is -0.136. The van der Waals surface area contributed by atoms with Crippen LogP contribution in [-0.4, -0.2) is 36.8 Å². The van der Waals surface area contributed by atoms with E-state index in [1.807, 2.05) is 37.3 Å². The van der Waals surface area contributed by atoms with Crippen LogP contribution in [0.25, 0.3) is 0 Å². The van der Waals surface area contributed by atoms with E-state index in [0.717, 1.165) is 5.56 Å². The molecule has 0 aliphatic carbocycles. The first-order chi connectivity index (χ1) is 10.1. The number of carboxylic acids is 1. The Morgan fingerprint density at radius 2 is 1.86 bits per heavy atom. The number of hydrogen-bond donors (Lipinski definition) is 3. The van der Waals surface area contributed by atoms with Gasteiger partial charge in [-0.05, 0) is 18.9 Å². The molecule has 0 aromatic heterocycles. The fourth-order valence-corrected chi connectivity index (χ4v) is 1.70. The molecule has 3 N–H and O–H groups in total. The molecule has 1 aromatic carbocycles. The van der Waals surface area contributed by atoms with Gasteiger partial charge in [0.25, 0.3) is 0 Å². The zero-order valence-electron chi connectivity index (χ0n) is 12.2. The Morgan fingerprint density at radius 3 is 2.52 bits per heavy atom. The summed E-state index contributed by atoms with van der Waals surface area (Å²) in [5.41, 5.74) is 1.12. The highest BCUT2D eigenvalue weighted by atomic mass is 16.5. The summed E-state index contributed by atoms with van der Waals surface area (Å²) in [5, 5.41) is 13.5. The van der Waals surface area contributed by atoms with Crippen LogP contribution in [0.15, 0.2) is 30.3 Å². The molecule has 1 unspecified atom stereocenters. The van der Waals surface area contributed by atoms with Crippen molar-refractivity contribution in [3.8, 4) is 0 Å². The summed E-state index contributed by atoms with van der Waals surface area (Å²) in [7, 11) is 0. The molecule has 6 heteroatoms. The van der Waals surface area contributed by atoms with Crippen LogP contribution in [0.2, 0.25) is 0 Å². The lowest BCUT2D eigenvalue weighted by atomic mass is 10.1. The smallest absolute Gasteiger partial charge is 0.314 e. The molecule has 0 saturated carbocycles. The minimum Gasteiger partial charge on any atom is -0.481 e. The minimum atomic E-state index is -0.932. The third-order valence-corrected chi connectivity index (χ3v) is 2.87. The Bertz CT molecular complexity index is 437. The Hall–Kier alpha value is -2.08. The predicted octanol–water partition coefficient (Wildman–Crippen LogP) is 1.93. The van der Waals surface area contributed by atoms with Crippen LogP contribution < -0.4 is 10.6 Å². The number of ether oxygens (including phenoxy) is 1. The first-order valence-electron chi connectivity index (χ1n) is 6.99. The summed E-state index contributed by atoms with van der Waals surface area (Å²) in [4.78, 5) is 21.6. The van der Waals surface area contributed by atoms with Crippen molar-refractivity contribution in [3.63, 3.8) is 0 Å². The van der Waals surface area contributed by atoms with E-state index in [-0.39, 0.29) is 25.1 Å². The third kappa shape index (κ3) is 7.94. The molecule has 0 spiro atoms. The first-order valence-corrected chi connectivity index (χ1v) is 6.99. The second-order valence-electron chi connectivity index (χ2n) is 4.60. The van der Waals surface area contributed by atoms with E-state index in [0.29, 0.717) is 19.6 Å². The molecular weight excluding hydrogens is 272 g/mol. The number of rotatable bonds is 9. The Labute approximate surface area is 124 Å². The summed E-state index contributed by atoms with van der Waals surface area (Å²) in [6.45, 7) is 3.15. The van der Waals surface area contributed by atoms with Gasteiger partial charge in [0.15, 0.2) is 0 Å². The fraction of sp³-hybridized carbons (Fsp3) is 0.467. The van der Waals surface area contributed by atoms with Crippen molar-refractivity contribution in [2.45, 2.75) is 25.9 Å². The van der Waals surface area contributed by atoms with Crippen LogP contribution in [-0.2, 0) is 9.53 Å². The molecule has 116 valence electrons. The third-order valence-electron chi connectivity index (χ3n) is 2.87. The van der Waals surface area contributed by atoms with Gasteiger partial charge >= 0.3 is 12.0 Å². The van der Waals surface area contributed by atoms with Gasteiger partial charge in [-0.2, -0.15) is 0 Å². The van der Waals surface area contributed by atoms with E-state index >= 15 is 0 Å². The molecule has 0 radical (unpaired) electrons. The maximum atomic E-state index is 11.3. The summed E-state index contributed by atoms with van der Waals surface area (Å²) >= 11 is 0. The molecule has 0 fully saturated rings. The topological polar surface area (TPSA) is 87.7 Å². The van der Waals surface area contributed by atoms with E-state index in [1.54, 1.807) is 0 Å². The average molecular weight is 294 g/mol. The van der Waals surface area contributed by atoms with E-state index in [4.69, 9.17) is 9.84 Å². The van der Waals surface area contributed by atoms with Crippen LogP contribution in [0.4, 0.5) is 4.79 Å². The highest BCUT2D eigenvalue weighted by molar-refractivity contribution is 5.74. The van der Waals surface area contributed by atoms with Crippen LogP contribution in [0.1, 0.15) is 31.4 Å². The second-order valence-corrected chi connectivity index (χ2v) is 4.60. The van der Waals surface area contributed by atoms with Gasteiger partial charge in [-0.3, -0.25) is 4.79 Å². The number of carbonyl (C=O) groups is 2. The summed E-state index contributed by atoms with van der Waals surface area (Å²) < 4.78 is 5.67. The molecular formula is C15H22N2O4. The number of aliphatic carboxylic acids is 1. The number of amides is 2. The van der Waals surface area contributed by atoms with Crippen LogP contribution in [0.3, 0.4) is 0 Å². The molecule has 1 rings (SSSR count). The Kier molecular flexibility index (Phi) is 7.89. The van der Waals surface area contributed by atoms with Crippen molar-refractivity contribution in [2.24, 2.45) is 0 Å². The number of benzene rings is 1. The van der Waals surface area contributed by atoms with Crippen molar-refractivity contribution in [1.29, 1.82) is 0 Å². The molecule has 0 bridgehead atoms. The second kappa shape index (κ2) is 9.77. The van der Waals surface area contributed by atoms with Crippen molar-refractivity contribution >= 4 is 12.0 Å². The molecule has 1 aromatic rings. The predicted molar refractivity (Wildman–Crippen MR) is 79.1 cm³/mol. The quantitative estimate of drug-likeness (QED) is 0.607. The zero-order valence-corrected chi connectivity index (χ0v) is 12.2. The van der Waals surface area contributed by atoms with Crippen molar-refractivity contribution in [2.75, 3.05) is 19.7 Å². The highest BCUT2D eigenvalue weighted by Crippen LogP contribution is 2.15. The number of carbonyl (C=O) groups excluding carboxylic acids is 1. The van der Waals surface area contributed by atoms with Crippen molar-refractivity contribution in [1.82, 2.24) is 10.6 Å². The van der Waals surface area contributed by atoms with Crippen molar-refractivity contribution in [3.05, 3.63) is 35.9 Å². The van der Waals surface area contributed by atoms with Gasteiger partial charge in [-0.25, -0.2) is 4.79 Å². The molecule has 0 heterocycles. The average Bonchev–Trinajstić information content (AvgIpc) is 2.47.